The largest absolute Gasteiger partial charge is 0.336 e. The van der Waals surface area contributed by atoms with Crippen LogP contribution in [-0.2, 0) is 11.3 Å². The number of hydrogen-bond acceptors (Lipinski definition) is 6. The van der Waals surface area contributed by atoms with Crippen molar-refractivity contribution in [1.29, 1.82) is 0 Å². The fraction of sp³-hybridized carbons (Fsp3) is 0.500. The van der Waals surface area contributed by atoms with E-state index in [1.165, 1.54) is 11.3 Å². The second-order valence-electron chi connectivity index (χ2n) is 6.41. The number of nitrogens with zero attached hydrogens (tertiary/aromatic N) is 4. The molecule has 2 atom stereocenters. The van der Waals surface area contributed by atoms with Gasteiger partial charge in [-0.3, -0.25) is 9.59 Å². The number of hydrogen-bond donors (Lipinski definition) is 0. The minimum atomic E-state index is -0.0755. The fourth-order valence-corrected chi connectivity index (χ4v) is 4.74. The molecular formula is C16H18N4O2S2. The first-order valence-electron chi connectivity index (χ1n) is 7.92. The van der Waals surface area contributed by atoms with E-state index in [0.29, 0.717) is 31.9 Å². The van der Waals surface area contributed by atoms with Crippen molar-refractivity contribution < 1.29 is 9.59 Å². The highest BCUT2D eigenvalue weighted by molar-refractivity contribution is 7.09. The van der Waals surface area contributed by atoms with E-state index in [2.05, 4.69) is 9.97 Å². The zero-order chi connectivity index (χ0) is 16.8. The number of amides is 2. The van der Waals surface area contributed by atoms with Gasteiger partial charge in [0.25, 0.3) is 5.91 Å². The molecule has 2 amide bonds. The Kier molecular flexibility index (Phi) is 3.88. The van der Waals surface area contributed by atoms with E-state index in [4.69, 9.17) is 0 Å². The molecule has 2 aliphatic heterocycles. The third kappa shape index (κ3) is 2.73. The Labute approximate surface area is 148 Å². The molecule has 4 heterocycles. The standard InChI is InChI=1S/C16H18N4O2S2/c1-9-17-12(7-23-9)5-19-3-11-4-20(6-13(11)15(19)21)16(22)14-8-24-10(2)18-14/h7-8,11,13H,3-6H2,1-2H3/t11-,13+/m1/s1. The van der Waals surface area contributed by atoms with Crippen molar-refractivity contribution in [3.8, 4) is 0 Å². The molecule has 2 aromatic heterocycles. The molecule has 2 aromatic rings. The average molecular weight is 362 g/mol. The Morgan fingerprint density at radius 3 is 2.54 bits per heavy atom. The Hall–Kier alpha value is -1.80. The number of rotatable bonds is 3. The number of thiazole rings is 2. The Bertz CT molecular complexity index is 800. The topological polar surface area (TPSA) is 66.4 Å². The van der Waals surface area contributed by atoms with Gasteiger partial charge >= 0.3 is 0 Å². The lowest BCUT2D eigenvalue weighted by Gasteiger charge is -2.20. The molecule has 126 valence electrons. The zero-order valence-electron chi connectivity index (χ0n) is 13.6. The fourth-order valence-electron chi connectivity index (χ4n) is 3.55. The first-order valence-corrected chi connectivity index (χ1v) is 9.68. The van der Waals surface area contributed by atoms with Crippen LogP contribution in [0.2, 0.25) is 0 Å². The van der Waals surface area contributed by atoms with Crippen LogP contribution in [0.1, 0.15) is 26.2 Å². The number of likely N-dealkylation sites (tertiary alicyclic amines) is 2. The third-order valence-corrected chi connectivity index (χ3v) is 6.27. The molecule has 0 radical (unpaired) electrons. The summed E-state index contributed by atoms with van der Waals surface area (Å²) in [7, 11) is 0. The monoisotopic (exact) mass is 362 g/mol. The quantitative estimate of drug-likeness (QED) is 0.837. The van der Waals surface area contributed by atoms with Crippen LogP contribution in [0.4, 0.5) is 0 Å². The highest BCUT2D eigenvalue weighted by atomic mass is 32.1. The molecule has 0 N–H and O–H groups in total. The number of aryl methyl sites for hydroxylation is 2. The van der Waals surface area contributed by atoms with Crippen molar-refractivity contribution in [2.75, 3.05) is 19.6 Å². The van der Waals surface area contributed by atoms with Gasteiger partial charge in [0.15, 0.2) is 0 Å². The van der Waals surface area contributed by atoms with E-state index in [1.807, 2.05) is 24.1 Å². The Morgan fingerprint density at radius 2 is 1.92 bits per heavy atom. The van der Waals surface area contributed by atoms with E-state index >= 15 is 0 Å². The lowest BCUT2D eigenvalue weighted by atomic mass is 10.0. The van der Waals surface area contributed by atoms with Crippen LogP contribution in [0.15, 0.2) is 10.8 Å². The van der Waals surface area contributed by atoms with Crippen LogP contribution in [0.5, 0.6) is 0 Å². The summed E-state index contributed by atoms with van der Waals surface area (Å²) in [5.74, 6) is 0.243. The predicted octanol–water partition coefficient (Wildman–Crippen LogP) is 1.95. The van der Waals surface area contributed by atoms with Gasteiger partial charge in [0.2, 0.25) is 5.91 Å². The van der Waals surface area contributed by atoms with Gasteiger partial charge in [0, 0.05) is 36.3 Å². The molecule has 0 unspecified atom stereocenters. The van der Waals surface area contributed by atoms with Crippen molar-refractivity contribution in [2.24, 2.45) is 11.8 Å². The van der Waals surface area contributed by atoms with Gasteiger partial charge in [-0.25, -0.2) is 9.97 Å². The second-order valence-corrected chi connectivity index (χ2v) is 8.53. The maximum absolute atomic E-state index is 12.7. The molecule has 4 rings (SSSR count). The summed E-state index contributed by atoms with van der Waals surface area (Å²) in [6.45, 7) is 6.29. The van der Waals surface area contributed by atoms with Crippen LogP contribution in [0, 0.1) is 25.7 Å². The van der Waals surface area contributed by atoms with E-state index in [9.17, 15) is 9.59 Å². The normalized spacial score (nSPS) is 23.2. The molecule has 0 aromatic carbocycles. The zero-order valence-corrected chi connectivity index (χ0v) is 15.2. The summed E-state index contributed by atoms with van der Waals surface area (Å²) in [6.07, 6.45) is 0. The van der Waals surface area contributed by atoms with Crippen LogP contribution in [0.3, 0.4) is 0 Å². The summed E-state index contributed by atoms with van der Waals surface area (Å²) in [6, 6.07) is 0. The number of carbonyl (C=O) groups is 2. The molecule has 0 aliphatic carbocycles. The molecule has 24 heavy (non-hydrogen) atoms. The summed E-state index contributed by atoms with van der Waals surface area (Å²) < 4.78 is 0. The predicted molar refractivity (Wildman–Crippen MR) is 92.0 cm³/mol. The highest BCUT2D eigenvalue weighted by Crippen LogP contribution is 2.34. The van der Waals surface area contributed by atoms with Gasteiger partial charge in [0.1, 0.15) is 5.69 Å². The van der Waals surface area contributed by atoms with Crippen molar-refractivity contribution in [3.63, 3.8) is 0 Å². The number of fused-ring (bicyclic) bond motifs is 1. The number of carbonyl (C=O) groups excluding carboxylic acids is 2. The van der Waals surface area contributed by atoms with Crippen molar-refractivity contribution in [3.05, 3.63) is 32.2 Å². The van der Waals surface area contributed by atoms with Gasteiger partial charge in [-0.1, -0.05) is 0 Å². The van der Waals surface area contributed by atoms with Crippen LogP contribution in [0.25, 0.3) is 0 Å². The first kappa shape index (κ1) is 15.7. The third-order valence-electron chi connectivity index (χ3n) is 4.67. The van der Waals surface area contributed by atoms with Crippen LogP contribution >= 0.6 is 22.7 Å². The minimum Gasteiger partial charge on any atom is -0.336 e. The molecule has 6 nitrogen and oxygen atoms in total. The van der Waals surface area contributed by atoms with E-state index in [0.717, 1.165) is 15.7 Å². The molecule has 2 aliphatic rings. The maximum atomic E-state index is 12.7. The van der Waals surface area contributed by atoms with Gasteiger partial charge in [-0.05, 0) is 13.8 Å². The summed E-state index contributed by atoms with van der Waals surface area (Å²) >= 11 is 3.08. The van der Waals surface area contributed by atoms with Crippen molar-refractivity contribution >= 4 is 34.5 Å². The lowest BCUT2D eigenvalue weighted by molar-refractivity contribution is -0.131. The minimum absolute atomic E-state index is 0.0526. The smallest absolute Gasteiger partial charge is 0.273 e. The summed E-state index contributed by atoms with van der Waals surface area (Å²) in [5, 5.41) is 5.72. The molecule has 2 fully saturated rings. The average Bonchev–Trinajstić information content (AvgIpc) is 3.29. The van der Waals surface area contributed by atoms with E-state index in [1.54, 1.807) is 21.6 Å². The molecule has 0 bridgehead atoms. The highest BCUT2D eigenvalue weighted by Gasteiger charge is 2.47. The van der Waals surface area contributed by atoms with Crippen LogP contribution in [-0.4, -0.2) is 51.2 Å². The molecule has 8 heteroatoms. The number of aromatic nitrogens is 2. The first-order chi connectivity index (χ1) is 11.5. The van der Waals surface area contributed by atoms with E-state index < -0.39 is 0 Å². The Morgan fingerprint density at radius 1 is 1.17 bits per heavy atom. The van der Waals surface area contributed by atoms with Gasteiger partial charge in [-0.2, -0.15) is 0 Å². The van der Waals surface area contributed by atoms with E-state index in [-0.39, 0.29) is 23.7 Å². The lowest BCUT2D eigenvalue weighted by Crippen LogP contribution is -2.35. The van der Waals surface area contributed by atoms with Gasteiger partial charge < -0.3 is 9.80 Å². The van der Waals surface area contributed by atoms with Crippen molar-refractivity contribution in [1.82, 2.24) is 19.8 Å². The van der Waals surface area contributed by atoms with Gasteiger partial charge in [0.05, 0.1) is 28.2 Å². The maximum Gasteiger partial charge on any atom is 0.273 e. The SMILES string of the molecule is Cc1nc(CN2C[C@@H]3CN(C(=O)c4csc(C)n4)C[C@@H]3C2=O)cs1. The van der Waals surface area contributed by atoms with Crippen LogP contribution < -0.4 is 0 Å². The van der Waals surface area contributed by atoms with Crippen molar-refractivity contribution in [2.45, 2.75) is 20.4 Å². The summed E-state index contributed by atoms with van der Waals surface area (Å²) in [5.41, 5.74) is 1.46. The molecule has 2 saturated heterocycles. The Balaban J connectivity index is 1.41. The molecule has 0 spiro atoms. The summed E-state index contributed by atoms with van der Waals surface area (Å²) in [4.78, 5) is 37.5. The molecular weight excluding hydrogens is 344 g/mol. The second kappa shape index (κ2) is 5.93. The van der Waals surface area contributed by atoms with Gasteiger partial charge in [-0.15, -0.1) is 22.7 Å². The molecule has 0 saturated carbocycles.